The van der Waals surface area contributed by atoms with Crippen LogP contribution in [0, 0.1) is 5.92 Å². The Morgan fingerprint density at radius 1 is 1.26 bits per heavy atom. The normalized spacial score (nSPS) is 12.7. The van der Waals surface area contributed by atoms with Gasteiger partial charge in [-0.1, -0.05) is 57.0 Å². The molecule has 1 rings (SSSR count). The maximum atomic E-state index is 12.6. The van der Waals surface area contributed by atoms with Gasteiger partial charge >= 0.3 is 5.97 Å². The fourth-order valence-electron chi connectivity index (χ4n) is 2.88. The third-order valence-corrected chi connectivity index (χ3v) is 7.13. The third-order valence-electron chi connectivity index (χ3n) is 5.25. The van der Waals surface area contributed by atoms with Gasteiger partial charge in [-0.05, 0) is 39.2 Å². The molecule has 0 spiro atoms. The highest BCUT2D eigenvalue weighted by molar-refractivity contribution is 8.14. The number of nitrogens with two attached hydrogens (primary N) is 1. The average Bonchev–Trinajstić information content (AvgIpc) is 3.31. The molecule has 39 heavy (non-hydrogen) atoms. The lowest BCUT2D eigenvalue weighted by Crippen LogP contribution is -2.47. The monoisotopic (exact) mass is 576 g/mol. The molecular weight excluding hydrogens is 536 g/mol. The Balaban J connectivity index is 2.69. The molecule has 0 fully saturated rings. The van der Waals surface area contributed by atoms with Crippen molar-refractivity contribution in [1.29, 1.82) is 0 Å². The van der Waals surface area contributed by atoms with Crippen molar-refractivity contribution in [3.8, 4) is 0 Å². The molecule has 214 valence electrons. The highest BCUT2D eigenvalue weighted by Gasteiger charge is 2.24. The van der Waals surface area contributed by atoms with Gasteiger partial charge in [0.1, 0.15) is 16.8 Å². The summed E-state index contributed by atoms with van der Waals surface area (Å²) in [5, 5.41) is 7.64. The molecule has 0 bridgehead atoms. The van der Waals surface area contributed by atoms with E-state index < -0.39 is 17.6 Å². The second-order valence-corrected chi connectivity index (χ2v) is 11.8. The molecule has 0 radical (unpaired) electrons. The largest absolute Gasteiger partial charge is 0.458 e. The number of allylic oxidation sites excluding steroid dienone is 3. The summed E-state index contributed by atoms with van der Waals surface area (Å²) < 4.78 is 5.52. The number of hydrogen-bond donors (Lipinski definition) is 3. The first-order chi connectivity index (χ1) is 18.2. The van der Waals surface area contributed by atoms with Crippen LogP contribution in [0.1, 0.15) is 69.4 Å². The maximum Gasteiger partial charge on any atom is 0.306 e. The van der Waals surface area contributed by atoms with E-state index in [9.17, 15) is 19.2 Å². The molecule has 0 saturated carbocycles. The van der Waals surface area contributed by atoms with Gasteiger partial charge in [0.05, 0.1) is 18.5 Å². The third kappa shape index (κ3) is 13.4. The van der Waals surface area contributed by atoms with Crippen molar-refractivity contribution in [2.45, 2.75) is 72.1 Å². The lowest BCUT2D eigenvalue weighted by Gasteiger charge is -2.25. The summed E-state index contributed by atoms with van der Waals surface area (Å²) in [7, 11) is 0. The summed E-state index contributed by atoms with van der Waals surface area (Å²) in [4.78, 5) is 53.6. The molecule has 9 nitrogen and oxygen atoms in total. The summed E-state index contributed by atoms with van der Waals surface area (Å²) >= 11 is 2.43. The molecule has 1 unspecified atom stereocenters. The number of ether oxygens (including phenoxy) is 1. The minimum Gasteiger partial charge on any atom is -0.458 e. The van der Waals surface area contributed by atoms with Gasteiger partial charge in [0.2, 0.25) is 11.0 Å². The first-order valence-corrected chi connectivity index (χ1v) is 14.4. The topological polar surface area (TPSA) is 140 Å². The molecule has 2 amide bonds. The zero-order valence-electron chi connectivity index (χ0n) is 23.4. The summed E-state index contributed by atoms with van der Waals surface area (Å²) in [6.45, 7) is 16.4. The fourth-order valence-corrected chi connectivity index (χ4v) is 4.33. The Morgan fingerprint density at radius 3 is 2.56 bits per heavy atom. The van der Waals surface area contributed by atoms with E-state index in [4.69, 9.17) is 10.5 Å². The highest BCUT2D eigenvalue weighted by atomic mass is 32.2. The summed E-state index contributed by atoms with van der Waals surface area (Å²) in [5.74, 6) is -0.448. The van der Waals surface area contributed by atoms with Crippen molar-refractivity contribution >= 4 is 46.0 Å². The van der Waals surface area contributed by atoms with Gasteiger partial charge in [-0.25, -0.2) is 4.98 Å². The first kappa shape index (κ1) is 33.8. The zero-order chi connectivity index (χ0) is 29.6. The van der Waals surface area contributed by atoms with Gasteiger partial charge in [-0.3, -0.25) is 19.2 Å². The van der Waals surface area contributed by atoms with Crippen LogP contribution in [0.25, 0.3) is 0 Å². The molecule has 1 aromatic rings. The number of esters is 1. The number of amides is 2. The van der Waals surface area contributed by atoms with Gasteiger partial charge in [0.15, 0.2) is 0 Å². The van der Waals surface area contributed by atoms with E-state index in [2.05, 4.69) is 28.8 Å². The minimum atomic E-state index is -0.791. The van der Waals surface area contributed by atoms with E-state index in [1.807, 2.05) is 13.8 Å². The summed E-state index contributed by atoms with van der Waals surface area (Å²) in [6, 6.07) is 0. The standard InChI is InChI=1S/C28H40N4O5S2/c1-8-11-19(4)27(36)38-13-10-9-12-21(37-25(34)14-18(2)3)15-23(33)30-16-24-31-22(17-39-24)26(35)32-28(6,7)20(5)29/h8-9,11-12,17-18,21H,1,5,10,13-16,29H2,2-4,6-7H3,(H,30,33)(H,32,35)/b12-9+,19-11+. The number of nitrogens with one attached hydrogen (secondary N) is 2. The molecule has 1 heterocycles. The SMILES string of the molecule is C=C/C=C(\C)C(=O)SCC/C=C/C(CC(=O)NCc1nc(C(=O)NC(C)(C)C(=C)N)cs1)OC(=O)CC(C)C. The Kier molecular flexibility index (Phi) is 14.5. The number of hydrogen-bond acceptors (Lipinski definition) is 9. The molecule has 1 aromatic heterocycles. The Labute approximate surface area is 239 Å². The predicted octanol–water partition coefficient (Wildman–Crippen LogP) is 4.43. The van der Waals surface area contributed by atoms with Gasteiger partial charge < -0.3 is 21.1 Å². The molecule has 0 saturated heterocycles. The van der Waals surface area contributed by atoms with Crippen molar-refractivity contribution in [3.63, 3.8) is 0 Å². The molecule has 11 heteroatoms. The lowest BCUT2D eigenvalue weighted by molar-refractivity contribution is -0.148. The van der Waals surface area contributed by atoms with E-state index in [0.29, 0.717) is 28.5 Å². The number of thiazole rings is 1. The van der Waals surface area contributed by atoms with Crippen LogP contribution in [0.2, 0.25) is 0 Å². The minimum absolute atomic E-state index is 0.0287. The number of carbonyl (C=O) groups is 4. The maximum absolute atomic E-state index is 12.6. The van der Waals surface area contributed by atoms with Crippen LogP contribution in [0.5, 0.6) is 0 Å². The summed E-state index contributed by atoms with van der Waals surface area (Å²) in [6.07, 6.45) is 6.70. The van der Waals surface area contributed by atoms with Crippen LogP contribution in [0.15, 0.2) is 54.1 Å². The van der Waals surface area contributed by atoms with Crippen molar-refractivity contribution < 1.29 is 23.9 Å². The van der Waals surface area contributed by atoms with Crippen molar-refractivity contribution in [1.82, 2.24) is 15.6 Å². The van der Waals surface area contributed by atoms with Crippen molar-refractivity contribution in [2.75, 3.05) is 5.75 Å². The van der Waals surface area contributed by atoms with E-state index >= 15 is 0 Å². The van der Waals surface area contributed by atoms with Crippen LogP contribution in [0.4, 0.5) is 0 Å². The van der Waals surface area contributed by atoms with E-state index in [1.54, 1.807) is 50.5 Å². The van der Waals surface area contributed by atoms with Crippen molar-refractivity contribution in [2.24, 2.45) is 11.7 Å². The van der Waals surface area contributed by atoms with Crippen LogP contribution >= 0.6 is 23.1 Å². The molecular formula is C28H40N4O5S2. The van der Waals surface area contributed by atoms with Crippen LogP contribution < -0.4 is 16.4 Å². The zero-order valence-corrected chi connectivity index (χ0v) is 25.0. The molecule has 0 aromatic carbocycles. The van der Waals surface area contributed by atoms with E-state index in [1.165, 1.54) is 23.1 Å². The molecule has 1 atom stereocenters. The van der Waals surface area contributed by atoms with Gasteiger partial charge in [0.25, 0.3) is 5.91 Å². The predicted molar refractivity (Wildman–Crippen MR) is 158 cm³/mol. The second kappa shape index (κ2) is 16.7. The quantitative estimate of drug-likeness (QED) is 0.0863. The summed E-state index contributed by atoms with van der Waals surface area (Å²) in [5.41, 5.74) is 6.09. The van der Waals surface area contributed by atoms with Crippen LogP contribution in [-0.2, 0) is 25.7 Å². The van der Waals surface area contributed by atoms with E-state index in [-0.39, 0.29) is 48.0 Å². The number of carbonyl (C=O) groups excluding carboxylic acids is 4. The van der Waals surface area contributed by atoms with Gasteiger partial charge in [-0.2, -0.15) is 0 Å². The number of nitrogens with zero attached hydrogens (tertiary/aromatic N) is 1. The van der Waals surface area contributed by atoms with Gasteiger partial charge in [-0.15, -0.1) is 11.3 Å². The Morgan fingerprint density at radius 2 is 1.95 bits per heavy atom. The molecule has 0 aliphatic carbocycles. The first-order valence-electron chi connectivity index (χ1n) is 12.6. The molecule has 0 aliphatic heterocycles. The van der Waals surface area contributed by atoms with Crippen LogP contribution in [0.3, 0.4) is 0 Å². The van der Waals surface area contributed by atoms with Crippen LogP contribution in [-0.4, -0.2) is 45.3 Å². The number of rotatable bonds is 16. The Hall–Kier alpha value is -3.18. The fraction of sp³-hybridized carbons (Fsp3) is 0.464. The molecule has 4 N–H and O–H groups in total. The number of thioether (sulfide) groups is 1. The smallest absolute Gasteiger partial charge is 0.306 e. The average molecular weight is 577 g/mol. The number of aromatic nitrogens is 1. The molecule has 0 aliphatic rings. The lowest BCUT2D eigenvalue weighted by atomic mass is 10.0. The second-order valence-electron chi connectivity index (χ2n) is 9.78. The Bertz CT molecular complexity index is 1110. The van der Waals surface area contributed by atoms with Gasteiger partial charge in [0, 0.05) is 28.8 Å². The van der Waals surface area contributed by atoms with Crippen molar-refractivity contribution in [3.05, 3.63) is 64.8 Å². The highest BCUT2D eigenvalue weighted by Crippen LogP contribution is 2.15. The van der Waals surface area contributed by atoms with E-state index in [0.717, 1.165) is 0 Å².